The van der Waals surface area contributed by atoms with Crippen LogP contribution in [0.1, 0.15) is 46.0 Å². The monoisotopic (exact) mass is 212 g/mol. The Morgan fingerprint density at radius 1 is 1.33 bits per heavy atom. The third-order valence-corrected chi connectivity index (χ3v) is 2.79. The summed E-state index contributed by atoms with van der Waals surface area (Å²) in [6.45, 7) is 5.06. The van der Waals surface area contributed by atoms with Gasteiger partial charge in [-0.3, -0.25) is 10.4 Å². The van der Waals surface area contributed by atoms with Crippen molar-refractivity contribution in [2.75, 3.05) is 6.54 Å². The van der Waals surface area contributed by atoms with Gasteiger partial charge in [0.05, 0.1) is 0 Å². The number of nitrogens with zero attached hydrogens (tertiary/aromatic N) is 1. The van der Waals surface area contributed by atoms with Crippen molar-refractivity contribution in [3.8, 4) is 0 Å². The Hall–Kier alpha value is -0.770. The third-order valence-electron chi connectivity index (χ3n) is 2.79. The summed E-state index contributed by atoms with van der Waals surface area (Å²) >= 11 is 0. The van der Waals surface area contributed by atoms with Crippen LogP contribution >= 0.6 is 0 Å². The molecule has 0 aliphatic heterocycles. The molecule has 0 spiro atoms. The highest BCUT2D eigenvalue weighted by atomic mass is 15.3. The van der Waals surface area contributed by atoms with Crippen molar-refractivity contribution < 1.29 is 0 Å². The fourth-order valence-corrected chi connectivity index (χ4v) is 2.00. The summed E-state index contributed by atoms with van der Waals surface area (Å²) < 4.78 is 0. The molecule has 1 rings (SSSR count). The van der Waals surface area contributed by atoms with Crippen LogP contribution in [0.4, 0.5) is 0 Å². The van der Waals surface area contributed by atoms with Crippen molar-refractivity contribution in [1.82, 2.24) is 10.7 Å². The molecule has 1 aliphatic carbocycles. The number of nitrogens with one attached hydrogen (secondary N) is 2. The van der Waals surface area contributed by atoms with E-state index in [4.69, 9.17) is 5.84 Å². The van der Waals surface area contributed by atoms with E-state index in [0.717, 1.165) is 18.4 Å². The smallest absolute Gasteiger partial charge is 0.205 e. The molecular formula is C11H24N4. The van der Waals surface area contributed by atoms with Crippen LogP contribution in [0.5, 0.6) is 0 Å². The van der Waals surface area contributed by atoms with Gasteiger partial charge in [-0.05, 0) is 32.6 Å². The van der Waals surface area contributed by atoms with Crippen molar-refractivity contribution in [2.24, 2.45) is 16.8 Å². The van der Waals surface area contributed by atoms with Crippen molar-refractivity contribution in [2.45, 2.75) is 52.0 Å². The molecule has 1 aliphatic rings. The van der Waals surface area contributed by atoms with Crippen LogP contribution in [0.15, 0.2) is 4.99 Å². The summed E-state index contributed by atoms with van der Waals surface area (Å²) in [7, 11) is 0. The highest BCUT2D eigenvalue weighted by Crippen LogP contribution is 2.23. The summed E-state index contributed by atoms with van der Waals surface area (Å²) in [6, 6.07) is 0.367. The lowest BCUT2D eigenvalue weighted by Crippen LogP contribution is -2.44. The largest absolute Gasteiger partial charge is 0.353 e. The Morgan fingerprint density at radius 2 is 2.00 bits per heavy atom. The molecular weight excluding hydrogens is 188 g/mol. The fraction of sp³-hybridized carbons (Fsp3) is 0.909. The molecule has 4 heteroatoms. The quantitative estimate of drug-likeness (QED) is 0.287. The summed E-state index contributed by atoms with van der Waals surface area (Å²) in [6.07, 6.45) is 6.77. The third kappa shape index (κ3) is 5.02. The molecule has 4 N–H and O–H groups in total. The SMILES string of the molecule is CC(C)NC(=NCC1CCCCC1)NN. The van der Waals surface area contributed by atoms with Crippen LogP contribution in [-0.4, -0.2) is 18.5 Å². The maximum absolute atomic E-state index is 5.39. The number of hydrogen-bond donors (Lipinski definition) is 3. The molecule has 0 aromatic heterocycles. The Balaban J connectivity index is 2.31. The van der Waals surface area contributed by atoms with Crippen LogP contribution in [0.2, 0.25) is 0 Å². The van der Waals surface area contributed by atoms with Gasteiger partial charge in [-0.2, -0.15) is 0 Å². The molecule has 0 bridgehead atoms. The van der Waals surface area contributed by atoms with E-state index in [1.807, 2.05) is 0 Å². The lowest BCUT2D eigenvalue weighted by molar-refractivity contribution is 0.366. The van der Waals surface area contributed by atoms with Gasteiger partial charge in [-0.1, -0.05) is 19.3 Å². The second kappa shape index (κ2) is 6.67. The molecule has 0 amide bonds. The second-order valence-electron chi connectivity index (χ2n) is 4.64. The second-order valence-corrected chi connectivity index (χ2v) is 4.64. The van der Waals surface area contributed by atoms with Gasteiger partial charge in [0.25, 0.3) is 0 Å². The summed E-state index contributed by atoms with van der Waals surface area (Å²) in [4.78, 5) is 4.48. The first-order chi connectivity index (χ1) is 7.22. The normalized spacial score (nSPS) is 19.3. The van der Waals surface area contributed by atoms with Crippen LogP contribution in [0.3, 0.4) is 0 Å². The van der Waals surface area contributed by atoms with Gasteiger partial charge in [0.1, 0.15) is 0 Å². The Kier molecular flexibility index (Phi) is 5.47. The molecule has 0 atom stereocenters. The van der Waals surface area contributed by atoms with Crippen LogP contribution in [0, 0.1) is 5.92 Å². The minimum atomic E-state index is 0.367. The first-order valence-electron chi connectivity index (χ1n) is 6.00. The molecule has 1 saturated carbocycles. The standard InChI is InChI=1S/C11H24N4/c1-9(2)14-11(15-12)13-8-10-6-4-3-5-7-10/h9-10H,3-8,12H2,1-2H3,(H2,13,14,15). The summed E-state index contributed by atoms with van der Waals surface area (Å²) in [5.74, 6) is 6.87. The highest BCUT2D eigenvalue weighted by molar-refractivity contribution is 5.79. The molecule has 1 fully saturated rings. The molecule has 0 radical (unpaired) electrons. The average molecular weight is 212 g/mol. The maximum atomic E-state index is 5.39. The van der Waals surface area contributed by atoms with E-state index in [0.29, 0.717) is 6.04 Å². The molecule has 0 unspecified atom stereocenters. The first kappa shape index (κ1) is 12.3. The van der Waals surface area contributed by atoms with Crippen molar-refractivity contribution in [3.05, 3.63) is 0 Å². The van der Waals surface area contributed by atoms with Crippen LogP contribution < -0.4 is 16.6 Å². The van der Waals surface area contributed by atoms with Gasteiger partial charge in [-0.15, -0.1) is 0 Å². The maximum Gasteiger partial charge on any atom is 0.205 e. The van der Waals surface area contributed by atoms with Gasteiger partial charge in [0.2, 0.25) is 5.96 Å². The highest BCUT2D eigenvalue weighted by Gasteiger charge is 2.12. The number of nitrogens with two attached hydrogens (primary N) is 1. The molecule has 0 saturated heterocycles. The minimum absolute atomic E-state index is 0.367. The summed E-state index contributed by atoms with van der Waals surface area (Å²) in [5, 5.41) is 3.18. The molecule has 4 nitrogen and oxygen atoms in total. The fourth-order valence-electron chi connectivity index (χ4n) is 2.00. The zero-order valence-electron chi connectivity index (χ0n) is 9.92. The van der Waals surface area contributed by atoms with Gasteiger partial charge in [0.15, 0.2) is 0 Å². The van der Waals surface area contributed by atoms with E-state index < -0.39 is 0 Å². The number of rotatable bonds is 3. The van der Waals surface area contributed by atoms with Crippen LogP contribution in [-0.2, 0) is 0 Å². The van der Waals surface area contributed by atoms with Gasteiger partial charge >= 0.3 is 0 Å². The van der Waals surface area contributed by atoms with Crippen LogP contribution in [0.25, 0.3) is 0 Å². The average Bonchev–Trinajstić information content (AvgIpc) is 2.25. The zero-order chi connectivity index (χ0) is 11.1. The topological polar surface area (TPSA) is 62.4 Å². The summed E-state index contributed by atoms with van der Waals surface area (Å²) in [5.41, 5.74) is 2.61. The van der Waals surface area contributed by atoms with Crippen molar-refractivity contribution in [1.29, 1.82) is 0 Å². The minimum Gasteiger partial charge on any atom is -0.353 e. The van der Waals surface area contributed by atoms with E-state index in [-0.39, 0.29) is 0 Å². The Bertz CT molecular complexity index is 195. The number of guanidine groups is 1. The molecule has 0 aromatic rings. The van der Waals surface area contributed by atoms with Gasteiger partial charge < -0.3 is 5.32 Å². The van der Waals surface area contributed by atoms with Gasteiger partial charge in [-0.25, -0.2) is 5.84 Å². The molecule has 15 heavy (non-hydrogen) atoms. The molecule has 88 valence electrons. The lowest BCUT2D eigenvalue weighted by Gasteiger charge is -2.20. The number of hydrogen-bond acceptors (Lipinski definition) is 2. The number of hydrazine groups is 1. The molecule has 0 heterocycles. The van der Waals surface area contributed by atoms with E-state index in [9.17, 15) is 0 Å². The Labute approximate surface area is 92.7 Å². The predicted octanol–water partition coefficient (Wildman–Crippen LogP) is 1.38. The first-order valence-corrected chi connectivity index (χ1v) is 6.00. The van der Waals surface area contributed by atoms with Crippen molar-refractivity contribution >= 4 is 5.96 Å². The Morgan fingerprint density at radius 3 is 2.53 bits per heavy atom. The van der Waals surface area contributed by atoms with Gasteiger partial charge in [0, 0.05) is 12.6 Å². The van der Waals surface area contributed by atoms with Crippen molar-refractivity contribution in [3.63, 3.8) is 0 Å². The number of aliphatic imine (C=N–C) groups is 1. The predicted molar refractivity (Wildman–Crippen MR) is 64.5 cm³/mol. The molecule has 0 aromatic carbocycles. The van der Waals surface area contributed by atoms with E-state index in [1.54, 1.807) is 0 Å². The van der Waals surface area contributed by atoms with E-state index >= 15 is 0 Å². The zero-order valence-corrected chi connectivity index (χ0v) is 9.92. The van der Waals surface area contributed by atoms with E-state index in [2.05, 4.69) is 29.6 Å². The van der Waals surface area contributed by atoms with E-state index in [1.165, 1.54) is 32.1 Å². The lowest BCUT2D eigenvalue weighted by atomic mass is 9.89.